The van der Waals surface area contributed by atoms with Crippen LogP contribution in [-0.4, -0.2) is 28.7 Å². The van der Waals surface area contributed by atoms with E-state index in [-0.39, 0.29) is 31.1 Å². The zero-order valence-electron chi connectivity index (χ0n) is 15.6. The first-order valence-electron chi connectivity index (χ1n) is 9.55. The molecule has 0 fully saturated rings. The molecule has 0 saturated heterocycles. The van der Waals surface area contributed by atoms with Crippen molar-refractivity contribution in [3.63, 3.8) is 0 Å². The van der Waals surface area contributed by atoms with E-state index in [1.54, 1.807) is 17.7 Å². The summed E-state index contributed by atoms with van der Waals surface area (Å²) in [6, 6.07) is 9.37. The number of nitrogens with zero attached hydrogens (tertiary/aromatic N) is 2. The molecule has 1 aliphatic rings. The summed E-state index contributed by atoms with van der Waals surface area (Å²) in [5.74, 6) is 0.388. The second kappa shape index (κ2) is 8.56. The van der Waals surface area contributed by atoms with Crippen LogP contribution in [0.15, 0.2) is 41.5 Å². The van der Waals surface area contributed by atoms with E-state index in [9.17, 15) is 9.59 Å². The Kier molecular flexibility index (Phi) is 5.71. The Labute approximate surface area is 166 Å². The van der Waals surface area contributed by atoms with Crippen LogP contribution in [0.5, 0.6) is 5.75 Å². The molecule has 1 aliphatic carbocycles. The van der Waals surface area contributed by atoms with Gasteiger partial charge in [-0.05, 0) is 43.4 Å². The van der Waals surface area contributed by atoms with Crippen molar-refractivity contribution < 1.29 is 14.3 Å². The molecule has 3 aromatic rings. The lowest BCUT2D eigenvalue weighted by Gasteiger charge is -2.10. The molecule has 0 atom stereocenters. The summed E-state index contributed by atoms with van der Waals surface area (Å²) in [6.45, 7) is 0.743. The number of fused-ring (bicyclic) bond motifs is 3. The third-order valence-corrected chi connectivity index (χ3v) is 6.06. The molecule has 0 spiro atoms. The van der Waals surface area contributed by atoms with Gasteiger partial charge in [0.05, 0.1) is 18.1 Å². The molecule has 1 aromatic carbocycles. The number of carbonyl (C=O) groups is 1. The number of ether oxygens (including phenoxy) is 2. The molecule has 0 aliphatic heterocycles. The molecule has 7 heteroatoms. The van der Waals surface area contributed by atoms with Gasteiger partial charge in [-0.25, -0.2) is 4.98 Å². The predicted octanol–water partition coefficient (Wildman–Crippen LogP) is 3.35. The van der Waals surface area contributed by atoms with E-state index in [0.717, 1.165) is 35.2 Å². The summed E-state index contributed by atoms with van der Waals surface area (Å²) < 4.78 is 12.2. The zero-order valence-corrected chi connectivity index (χ0v) is 16.4. The van der Waals surface area contributed by atoms with Crippen molar-refractivity contribution in [1.82, 2.24) is 9.55 Å². The fourth-order valence-electron chi connectivity index (χ4n) is 3.46. The Morgan fingerprint density at radius 1 is 1.14 bits per heavy atom. The minimum absolute atomic E-state index is 0.0513. The second-order valence-electron chi connectivity index (χ2n) is 6.77. The van der Waals surface area contributed by atoms with Crippen LogP contribution in [0.2, 0.25) is 0 Å². The van der Waals surface area contributed by atoms with Crippen molar-refractivity contribution >= 4 is 27.5 Å². The number of aromatic nitrogens is 2. The maximum Gasteiger partial charge on any atom is 0.307 e. The molecule has 0 unspecified atom stereocenters. The average Bonchev–Trinajstić information content (AvgIpc) is 3.11. The summed E-state index contributed by atoms with van der Waals surface area (Å²) in [7, 11) is 0. The summed E-state index contributed by atoms with van der Waals surface area (Å²) in [5, 5.41) is 0.742. The van der Waals surface area contributed by atoms with Gasteiger partial charge in [-0.15, -0.1) is 11.3 Å². The number of thiophene rings is 1. The van der Waals surface area contributed by atoms with Gasteiger partial charge in [-0.1, -0.05) is 18.2 Å². The third kappa shape index (κ3) is 4.09. The van der Waals surface area contributed by atoms with Gasteiger partial charge < -0.3 is 9.47 Å². The SMILES string of the molecule is O=C(CCn1cnc2sc3c(c2c1=O)CCCC3)OCCOc1ccccc1. The number of hydrogen-bond acceptors (Lipinski definition) is 6. The smallest absolute Gasteiger partial charge is 0.307 e. The highest BCUT2D eigenvalue weighted by molar-refractivity contribution is 7.18. The molecule has 2 aromatic heterocycles. The standard InChI is InChI=1S/C21H22N2O4S/c24-18(27-13-12-26-15-6-2-1-3-7-15)10-11-23-14-22-20-19(21(23)25)16-8-4-5-9-17(16)28-20/h1-3,6-7,14H,4-5,8-13H2. The van der Waals surface area contributed by atoms with Crippen LogP contribution in [0.3, 0.4) is 0 Å². The number of hydrogen-bond donors (Lipinski definition) is 0. The topological polar surface area (TPSA) is 70.4 Å². The first-order valence-corrected chi connectivity index (χ1v) is 10.4. The van der Waals surface area contributed by atoms with E-state index in [4.69, 9.17) is 9.47 Å². The van der Waals surface area contributed by atoms with Crippen molar-refractivity contribution in [2.45, 2.75) is 38.6 Å². The number of carbonyl (C=O) groups excluding carboxylic acids is 1. The van der Waals surface area contributed by atoms with Gasteiger partial charge in [-0.3, -0.25) is 14.2 Å². The van der Waals surface area contributed by atoms with E-state index in [1.807, 2.05) is 30.3 Å². The van der Waals surface area contributed by atoms with Gasteiger partial charge in [0.1, 0.15) is 23.8 Å². The zero-order chi connectivity index (χ0) is 19.3. The maximum absolute atomic E-state index is 12.8. The monoisotopic (exact) mass is 398 g/mol. The molecule has 0 amide bonds. The lowest BCUT2D eigenvalue weighted by Crippen LogP contribution is -2.23. The fraction of sp³-hybridized carbons (Fsp3) is 0.381. The Hall–Kier alpha value is -2.67. The molecule has 6 nitrogen and oxygen atoms in total. The third-order valence-electron chi connectivity index (χ3n) is 4.86. The van der Waals surface area contributed by atoms with Crippen molar-refractivity contribution in [2.75, 3.05) is 13.2 Å². The van der Waals surface area contributed by atoms with Crippen LogP contribution in [0.1, 0.15) is 29.7 Å². The van der Waals surface area contributed by atoms with Crippen molar-refractivity contribution in [2.24, 2.45) is 0 Å². The summed E-state index contributed by atoms with van der Waals surface area (Å²) >= 11 is 1.63. The van der Waals surface area contributed by atoms with E-state index >= 15 is 0 Å². The average molecular weight is 398 g/mol. The molecule has 0 N–H and O–H groups in total. The van der Waals surface area contributed by atoms with Gasteiger partial charge in [0.2, 0.25) is 0 Å². The Morgan fingerprint density at radius 3 is 2.82 bits per heavy atom. The molecular formula is C21H22N2O4S. The van der Waals surface area contributed by atoms with Crippen LogP contribution < -0.4 is 10.3 Å². The quantitative estimate of drug-likeness (QED) is 0.451. The molecule has 4 rings (SSSR count). The number of benzene rings is 1. The van der Waals surface area contributed by atoms with Gasteiger partial charge in [0.15, 0.2) is 0 Å². The molecule has 0 bridgehead atoms. The lowest BCUT2D eigenvalue weighted by molar-refractivity contribution is -0.144. The van der Waals surface area contributed by atoms with Gasteiger partial charge in [0, 0.05) is 11.4 Å². The largest absolute Gasteiger partial charge is 0.490 e. The van der Waals surface area contributed by atoms with Crippen molar-refractivity contribution in [1.29, 1.82) is 0 Å². The first-order chi connectivity index (χ1) is 13.7. The van der Waals surface area contributed by atoms with Crippen LogP contribution in [0.4, 0.5) is 0 Å². The van der Waals surface area contributed by atoms with Gasteiger partial charge in [-0.2, -0.15) is 0 Å². The molecule has 2 heterocycles. The molecule has 28 heavy (non-hydrogen) atoms. The van der Waals surface area contributed by atoms with Crippen molar-refractivity contribution in [3.05, 3.63) is 57.5 Å². The lowest BCUT2D eigenvalue weighted by atomic mass is 9.97. The van der Waals surface area contributed by atoms with E-state index in [0.29, 0.717) is 6.61 Å². The second-order valence-corrected chi connectivity index (χ2v) is 7.85. The first kappa shape index (κ1) is 18.7. The highest BCUT2D eigenvalue weighted by atomic mass is 32.1. The normalized spacial score (nSPS) is 13.3. The highest BCUT2D eigenvalue weighted by Gasteiger charge is 2.20. The fourth-order valence-corrected chi connectivity index (χ4v) is 4.68. The van der Waals surface area contributed by atoms with Crippen LogP contribution in [0.25, 0.3) is 10.2 Å². The predicted molar refractivity (Wildman–Crippen MR) is 108 cm³/mol. The minimum Gasteiger partial charge on any atom is -0.490 e. The maximum atomic E-state index is 12.8. The number of rotatable bonds is 7. The molecule has 0 radical (unpaired) electrons. The van der Waals surface area contributed by atoms with Crippen LogP contribution >= 0.6 is 11.3 Å². The minimum atomic E-state index is -0.351. The summed E-state index contributed by atoms with van der Waals surface area (Å²) in [5.41, 5.74) is 1.11. The van der Waals surface area contributed by atoms with Gasteiger partial charge >= 0.3 is 5.97 Å². The van der Waals surface area contributed by atoms with E-state index in [2.05, 4.69) is 4.98 Å². The van der Waals surface area contributed by atoms with E-state index in [1.165, 1.54) is 21.4 Å². The van der Waals surface area contributed by atoms with Crippen LogP contribution in [0, 0.1) is 0 Å². The number of esters is 1. The molecule has 0 saturated carbocycles. The van der Waals surface area contributed by atoms with Crippen molar-refractivity contribution in [3.8, 4) is 5.75 Å². The Bertz CT molecular complexity index is 1030. The Morgan fingerprint density at radius 2 is 1.96 bits per heavy atom. The molecule has 146 valence electrons. The number of aryl methyl sites for hydroxylation is 3. The Balaban J connectivity index is 1.32. The van der Waals surface area contributed by atoms with Crippen LogP contribution in [-0.2, 0) is 28.9 Å². The summed E-state index contributed by atoms with van der Waals surface area (Å²) in [4.78, 5) is 31.4. The number of para-hydroxylation sites is 1. The van der Waals surface area contributed by atoms with E-state index < -0.39 is 0 Å². The highest BCUT2D eigenvalue weighted by Crippen LogP contribution is 2.33. The van der Waals surface area contributed by atoms with Gasteiger partial charge in [0.25, 0.3) is 5.56 Å². The molecular weight excluding hydrogens is 376 g/mol. The summed E-state index contributed by atoms with van der Waals surface area (Å²) in [6.07, 6.45) is 5.94.